The van der Waals surface area contributed by atoms with Crippen molar-refractivity contribution in [3.05, 3.63) is 0 Å². The summed E-state index contributed by atoms with van der Waals surface area (Å²) in [6.07, 6.45) is 1.04. The largest absolute Gasteiger partial charge is 0.450 e. The number of rotatable bonds is 2. The Hall–Kier alpha value is -1.11. The molecule has 0 atom stereocenters. The average Bonchev–Trinajstić information content (AvgIpc) is 2.28. The molecular formula is C9H17N3O3S. The number of nitrogens with two attached hydrogens (primary N) is 1. The number of piperidine rings is 1. The molecule has 1 aliphatic rings. The molecule has 0 aromatic heterocycles. The normalized spacial score (nSPS) is 17.0. The monoisotopic (exact) mass is 247 g/mol. The number of carbonyl (C=O) groups is 2. The van der Waals surface area contributed by atoms with Gasteiger partial charge in [0.15, 0.2) is 0 Å². The quantitative estimate of drug-likeness (QED) is 0.710. The third-order valence-corrected chi connectivity index (χ3v) is 3.09. The van der Waals surface area contributed by atoms with Gasteiger partial charge in [-0.2, -0.15) is 0 Å². The Morgan fingerprint density at radius 3 is 2.50 bits per heavy atom. The van der Waals surface area contributed by atoms with Crippen molar-refractivity contribution in [3.63, 3.8) is 0 Å². The minimum absolute atomic E-state index is 0.00786. The zero-order chi connectivity index (χ0) is 12.1. The van der Waals surface area contributed by atoms with Crippen LogP contribution in [-0.2, 0) is 4.74 Å². The number of urea groups is 1. The van der Waals surface area contributed by atoms with E-state index < -0.39 is 6.03 Å². The third kappa shape index (κ3) is 3.19. The Balaban J connectivity index is 2.39. The standard InChI is InChI=1S/C9H17N3O3S/c1-2-15-9(14)11-5-3-7(4-6-11)12(16)8(10)13/h7,16H,2-6H2,1H3,(H2,10,13). The van der Waals surface area contributed by atoms with E-state index in [1.54, 1.807) is 11.8 Å². The summed E-state index contributed by atoms with van der Waals surface area (Å²) >= 11 is 4.01. The minimum Gasteiger partial charge on any atom is -0.450 e. The molecule has 0 aromatic carbocycles. The molecule has 1 rings (SSSR count). The number of thiol groups is 1. The highest BCUT2D eigenvalue weighted by molar-refractivity contribution is 7.78. The fraction of sp³-hybridized carbons (Fsp3) is 0.778. The predicted octanol–water partition coefficient (Wildman–Crippen LogP) is 0.833. The lowest BCUT2D eigenvalue weighted by Crippen LogP contribution is -2.46. The Morgan fingerprint density at radius 2 is 2.06 bits per heavy atom. The van der Waals surface area contributed by atoms with Crippen LogP contribution in [0.4, 0.5) is 9.59 Å². The molecule has 0 radical (unpaired) electrons. The van der Waals surface area contributed by atoms with E-state index in [1.165, 1.54) is 4.31 Å². The minimum atomic E-state index is -0.557. The van der Waals surface area contributed by atoms with Crippen molar-refractivity contribution in [2.45, 2.75) is 25.8 Å². The highest BCUT2D eigenvalue weighted by atomic mass is 32.1. The van der Waals surface area contributed by atoms with Crippen LogP contribution in [0.25, 0.3) is 0 Å². The first-order valence-electron chi connectivity index (χ1n) is 5.25. The summed E-state index contributed by atoms with van der Waals surface area (Å²) in [5.74, 6) is 0. The summed E-state index contributed by atoms with van der Waals surface area (Å²) < 4.78 is 6.11. The zero-order valence-corrected chi connectivity index (χ0v) is 10.2. The molecule has 0 aliphatic carbocycles. The summed E-state index contributed by atoms with van der Waals surface area (Å²) in [5.41, 5.74) is 5.11. The number of likely N-dealkylation sites (tertiary alicyclic amines) is 1. The molecule has 0 unspecified atom stereocenters. The van der Waals surface area contributed by atoms with E-state index >= 15 is 0 Å². The summed E-state index contributed by atoms with van der Waals surface area (Å²) in [6.45, 7) is 3.27. The second-order valence-electron chi connectivity index (χ2n) is 3.60. The predicted molar refractivity (Wildman–Crippen MR) is 62.0 cm³/mol. The zero-order valence-electron chi connectivity index (χ0n) is 9.26. The number of hydrogen-bond acceptors (Lipinski definition) is 4. The van der Waals surface area contributed by atoms with Crippen molar-refractivity contribution in [1.29, 1.82) is 0 Å². The van der Waals surface area contributed by atoms with Gasteiger partial charge < -0.3 is 15.4 Å². The van der Waals surface area contributed by atoms with Gasteiger partial charge in [0.1, 0.15) is 0 Å². The smallest absolute Gasteiger partial charge is 0.409 e. The Bertz CT molecular complexity index is 267. The van der Waals surface area contributed by atoms with Crippen LogP contribution in [0.5, 0.6) is 0 Å². The first-order valence-corrected chi connectivity index (χ1v) is 5.65. The number of carbonyl (C=O) groups excluding carboxylic acids is 2. The van der Waals surface area contributed by atoms with Crippen molar-refractivity contribution in [3.8, 4) is 0 Å². The molecule has 3 amide bonds. The van der Waals surface area contributed by atoms with Crippen molar-refractivity contribution >= 4 is 24.9 Å². The van der Waals surface area contributed by atoms with Crippen LogP contribution >= 0.6 is 12.8 Å². The van der Waals surface area contributed by atoms with Crippen LogP contribution in [0.3, 0.4) is 0 Å². The third-order valence-electron chi connectivity index (χ3n) is 2.56. The van der Waals surface area contributed by atoms with E-state index in [1.807, 2.05) is 0 Å². The van der Waals surface area contributed by atoms with Crippen LogP contribution < -0.4 is 5.73 Å². The maximum absolute atomic E-state index is 11.4. The fourth-order valence-corrected chi connectivity index (χ4v) is 1.92. The van der Waals surface area contributed by atoms with E-state index in [0.717, 1.165) is 0 Å². The van der Waals surface area contributed by atoms with Gasteiger partial charge in [0, 0.05) is 19.1 Å². The Labute approximate surface area is 100 Å². The van der Waals surface area contributed by atoms with Crippen molar-refractivity contribution in [2.24, 2.45) is 5.73 Å². The van der Waals surface area contributed by atoms with Crippen molar-refractivity contribution in [1.82, 2.24) is 9.21 Å². The van der Waals surface area contributed by atoms with Crippen molar-refractivity contribution < 1.29 is 14.3 Å². The number of ether oxygens (including phenoxy) is 1. The van der Waals surface area contributed by atoms with Gasteiger partial charge in [-0.3, -0.25) is 4.31 Å². The average molecular weight is 247 g/mol. The molecule has 16 heavy (non-hydrogen) atoms. The van der Waals surface area contributed by atoms with E-state index in [-0.39, 0.29) is 12.1 Å². The molecule has 6 nitrogen and oxygen atoms in total. The summed E-state index contributed by atoms with van der Waals surface area (Å²) in [6, 6.07) is -0.565. The number of nitrogens with zero attached hydrogens (tertiary/aromatic N) is 2. The molecule has 7 heteroatoms. The lowest BCUT2D eigenvalue weighted by molar-refractivity contribution is 0.0917. The second kappa shape index (κ2) is 5.83. The van der Waals surface area contributed by atoms with Gasteiger partial charge in [-0.25, -0.2) is 9.59 Å². The Morgan fingerprint density at radius 1 is 1.50 bits per heavy atom. The van der Waals surface area contributed by atoms with E-state index in [9.17, 15) is 9.59 Å². The van der Waals surface area contributed by atoms with Gasteiger partial charge in [-0.05, 0) is 19.8 Å². The van der Waals surface area contributed by atoms with E-state index in [0.29, 0.717) is 32.5 Å². The highest BCUT2D eigenvalue weighted by Gasteiger charge is 2.27. The number of primary amides is 1. The van der Waals surface area contributed by atoms with Crippen LogP contribution in [-0.4, -0.2) is 47.1 Å². The second-order valence-corrected chi connectivity index (χ2v) is 4.03. The molecule has 1 saturated heterocycles. The van der Waals surface area contributed by atoms with Crippen LogP contribution in [0.15, 0.2) is 0 Å². The molecule has 0 bridgehead atoms. The van der Waals surface area contributed by atoms with Gasteiger partial charge in [-0.1, -0.05) is 12.8 Å². The molecule has 0 aromatic rings. The topological polar surface area (TPSA) is 75.9 Å². The molecule has 1 aliphatic heterocycles. The molecule has 1 heterocycles. The van der Waals surface area contributed by atoms with Crippen LogP contribution in [0, 0.1) is 0 Å². The summed E-state index contributed by atoms with van der Waals surface area (Å²) in [4.78, 5) is 23.9. The fourth-order valence-electron chi connectivity index (χ4n) is 1.69. The number of hydrogen-bond donors (Lipinski definition) is 2. The van der Waals surface area contributed by atoms with Crippen molar-refractivity contribution in [2.75, 3.05) is 19.7 Å². The van der Waals surface area contributed by atoms with E-state index in [2.05, 4.69) is 12.8 Å². The maximum Gasteiger partial charge on any atom is 0.409 e. The van der Waals surface area contributed by atoms with E-state index in [4.69, 9.17) is 10.5 Å². The molecular weight excluding hydrogens is 230 g/mol. The first kappa shape index (κ1) is 13.0. The van der Waals surface area contributed by atoms with Gasteiger partial charge in [-0.15, -0.1) is 0 Å². The lowest BCUT2D eigenvalue weighted by Gasteiger charge is -2.34. The lowest BCUT2D eigenvalue weighted by atomic mass is 10.1. The van der Waals surface area contributed by atoms with Gasteiger partial charge in [0.25, 0.3) is 0 Å². The van der Waals surface area contributed by atoms with Gasteiger partial charge >= 0.3 is 12.1 Å². The molecule has 0 saturated carbocycles. The van der Waals surface area contributed by atoms with Crippen LogP contribution in [0.1, 0.15) is 19.8 Å². The summed E-state index contributed by atoms with van der Waals surface area (Å²) in [7, 11) is 0. The molecule has 1 fully saturated rings. The Kier molecular flexibility index (Phi) is 4.72. The molecule has 92 valence electrons. The summed E-state index contributed by atoms with van der Waals surface area (Å²) in [5, 5.41) is 0. The highest BCUT2D eigenvalue weighted by Crippen LogP contribution is 2.18. The molecule has 0 spiro atoms. The molecule has 2 N–H and O–H groups in total. The number of amides is 3. The van der Waals surface area contributed by atoms with Gasteiger partial charge in [0.05, 0.1) is 6.61 Å². The maximum atomic E-state index is 11.4. The van der Waals surface area contributed by atoms with Crippen LogP contribution in [0.2, 0.25) is 0 Å². The van der Waals surface area contributed by atoms with Gasteiger partial charge in [0.2, 0.25) is 0 Å². The SMILES string of the molecule is CCOC(=O)N1CCC(N(S)C(N)=O)CC1. The first-order chi connectivity index (χ1) is 7.56.